The number of nitrogens with zero attached hydrogens (tertiary/aromatic N) is 1. The molecule has 2 aromatic rings. The third kappa shape index (κ3) is 2.97. The molecule has 3 rings (SSSR count). The SMILES string of the molecule is NC(=S)c1ccc(Br)cc1N1CCCCc2ccccc21. The molecule has 0 amide bonds. The van der Waals surface area contributed by atoms with E-state index in [9.17, 15) is 0 Å². The van der Waals surface area contributed by atoms with Gasteiger partial charge in [-0.05, 0) is 49.1 Å². The number of benzene rings is 2. The summed E-state index contributed by atoms with van der Waals surface area (Å²) >= 11 is 8.79. The Kier molecular flexibility index (Phi) is 4.27. The normalized spacial score (nSPS) is 14.4. The van der Waals surface area contributed by atoms with Gasteiger partial charge in [-0.3, -0.25) is 0 Å². The predicted octanol–water partition coefficient (Wildman–Crippen LogP) is 4.56. The zero-order valence-electron chi connectivity index (χ0n) is 11.7. The first-order valence-electron chi connectivity index (χ1n) is 7.11. The summed E-state index contributed by atoms with van der Waals surface area (Å²) in [5.74, 6) is 0. The average Bonchev–Trinajstić information content (AvgIpc) is 2.69. The quantitative estimate of drug-likeness (QED) is 0.796. The van der Waals surface area contributed by atoms with Gasteiger partial charge < -0.3 is 10.6 Å². The second-order valence-electron chi connectivity index (χ2n) is 5.26. The van der Waals surface area contributed by atoms with Crippen LogP contribution >= 0.6 is 28.1 Å². The standard InChI is InChI=1S/C17H17BrN2S/c18-13-8-9-14(17(19)21)16(11-13)20-10-4-3-6-12-5-1-2-7-15(12)20/h1-2,5,7-9,11H,3-4,6,10H2,(H2,19,21). The molecular weight excluding hydrogens is 344 g/mol. The number of aryl methyl sites for hydroxylation is 1. The number of nitrogens with two attached hydrogens (primary N) is 1. The van der Waals surface area contributed by atoms with Crippen LogP contribution < -0.4 is 10.6 Å². The van der Waals surface area contributed by atoms with Crippen molar-refractivity contribution in [3.8, 4) is 0 Å². The fourth-order valence-electron chi connectivity index (χ4n) is 2.88. The summed E-state index contributed by atoms with van der Waals surface area (Å²) in [5, 5.41) is 0. The molecule has 21 heavy (non-hydrogen) atoms. The number of halogens is 1. The summed E-state index contributed by atoms with van der Waals surface area (Å²) in [4.78, 5) is 2.79. The molecule has 1 heterocycles. The molecule has 2 aromatic carbocycles. The number of thiocarbonyl (C=S) groups is 1. The second kappa shape index (κ2) is 6.16. The zero-order valence-corrected chi connectivity index (χ0v) is 14.1. The van der Waals surface area contributed by atoms with Crippen LogP contribution in [0.2, 0.25) is 0 Å². The summed E-state index contributed by atoms with van der Waals surface area (Å²) in [7, 11) is 0. The Labute approximate surface area is 139 Å². The van der Waals surface area contributed by atoms with Crippen molar-refractivity contribution in [3.05, 3.63) is 58.1 Å². The van der Waals surface area contributed by atoms with E-state index in [-0.39, 0.29) is 0 Å². The van der Waals surface area contributed by atoms with Gasteiger partial charge in [-0.2, -0.15) is 0 Å². The van der Waals surface area contributed by atoms with Crippen molar-refractivity contribution in [1.29, 1.82) is 0 Å². The molecule has 1 aliphatic heterocycles. The van der Waals surface area contributed by atoms with Gasteiger partial charge in [0.2, 0.25) is 0 Å². The number of anilines is 2. The maximum Gasteiger partial charge on any atom is 0.106 e. The van der Waals surface area contributed by atoms with E-state index < -0.39 is 0 Å². The van der Waals surface area contributed by atoms with Crippen molar-refractivity contribution in [2.24, 2.45) is 5.73 Å². The first-order chi connectivity index (χ1) is 10.2. The molecule has 2 nitrogen and oxygen atoms in total. The molecule has 0 unspecified atom stereocenters. The first-order valence-corrected chi connectivity index (χ1v) is 8.32. The number of hydrogen-bond donors (Lipinski definition) is 1. The third-order valence-corrected chi connectivity index (χ3v) is 4.59. The fourth-order valence-corrected chi connectivity index (χ4v) is 3.40. The smallest absolute Gasteiger partial charge is 0.106 e. The van der Waals surface area contributed by atoms with Gasteiger partial charge in [0.1, 0.15) is 4.99 Å². The summed E-state index contributed by atoms with van der Waals surface area (Å²) in [5.41, 5.74) is 10.6. The Morgan fingerprint density at radius 3 is 2.71 bits per heavy atom. The minimum Gasteiger partial charge on any atom is -0.389 e. The maximum absolute atomic E-state index is 5.92. The van der Waals surface area contributed by atoms with Gasteiger partial charge in [0.05, 0.1) is 5.69 Å². The zero-order chi connectivity index (χ0) is 14.8. The monoisotopic (exact) mass is 360 g/mol. The summed E-state index contributed by atoms with van der Waals surface area (Å²) in [6, 6.07) is 14.7. The van der Waals surface area contributed by atoms with Gasteiger partial charge in [-0.1, -0.05) is 46.3 Å². The summed E-state index contributed by atoms with van der Waals surface area (Å²) < 4.78 is 1.04. The lowest BCUT2D eigenvalue weighted by Crippen LogP contribution is -2.22. The predicted molar refractivity (Wildman–Crippen MR) is 96.4 cm³/mol. The van der Waals surface area contributed by atoms with E-state index in [2.05, 4.69) is 51.2 Å². The number of para-hydroxylation sites is 1. The highest BCUT2D eigenvalue weighted by Gasteiger charge is 2.19. The van der Waals surface area contributed by atoms with E-state index in [0.717, 1.165) is 35.1 Å². The molecule has 1 aliphatic rings. The van der Waals surface area contributed by atoms with Crippen molar-refractivity contribution in [3.63, 3.8) is 0 Å². The molecular formula is C17H17BrN2S. The van der Waals surface area contributed by atoms with Gasteiger partial charge in [0.25, 0.3) is 0 Å². The number of fused-ring (bicyclic) bond motifs is 1. The summed E-state index contributed by atoms with van der Waals surface area (Å²) in [6.07, 6.45) is 3.50. The second-order valence-corrected chi connectivity index (χ2v) is 6.62. The van der Waals surface area contributed by atoms with Crippen LogP contribution in [-0.2, 0) is 6.42 Å². The van der Waals surface area contributed by atoms with E-state index >= 15 is 0 Å². The molecule has 0 saturated heterocycles. The Bertz CT molecular complexity index is 684. The molecule has 4 heteroatoms. The molecule has 0 fully saturated rings. The van der Waals surface area contributed by atoms with E-state index in [1.165, 1.54) is 17.7 Å². The van der Waals surface area contributed by atoms with E-state index in [1.807, 2.05) is 12.1 Å². The van der Waals surface area contributed by atoms with E-state index in [4.69, 9.17) is 18.0 Å². The first kappa shape index (κ1) is 14.5. The topological polar surface area (TPSA) is 29.3 Å². The largest absolute Gasteiger partial charge is 0.389 e. The van der Waals surface area contributed by atoms with Crippen molar-refractivity contribution >= 4 is 44.5 Å². The molecule has 0 aromatic heterocycles. The number of rotatable bonds is 2. The molecule has 0 bridgehead atoms. The Hall–Kier alpha value is -1.39. The molecule has 0 saturated carbocycles. The van der Waals surface area contributed by atoms with Gasteiger partial charge in [-0.25, -0.2) is 0 Å². The summed E-state index contributed by atoms with van der Waals surface area (Å²) in [6.45, 7) is 0.989. The van der Waals surface area contributed by atoms with Gasteiger partial charge in [-0.15, -0.1) is 0 Å². The van der Waals surface area contributed by atoms with Gasteiger partial charge in [0, 0.05) is 22.3 Å². The van der Waals surface area contributed by atoms with Crippen LogP contribution in [0, 0.1) is 0 Å². The van der Waals surface area contributed by atoms with Crippen LogP contribution in [0.5, 0.6) is 0 Å². The van der Waals surface area contributed by atoms with Gasteiger partial charge >= 0.3 is 0 Å². The van der Waals surface area contributed by atoms with Crippen molar-refractivity contribution in [2.45, 2.75) is 19.3 Å². The lowest BCUT2D eigenvalue weighted by molar-refractivity contribution is 0.761. The molecule has 0 radical (unpaired) electrons. The Morgan fingerprint density at radius 1 is 1.10 bits per heavy atom. The van der Waals surface area contributed by atoms with Crippen molar-refractivity contribution in [2.75, 3.05) is 11.4 Å². The fraction of sp³-hybridized carbons (Fsp3) is 0.235. The van der Waals surface area contributed by atoms with Crippen LogP contribution in [0.4, 0.5) is 11.4 Å². The van der Waals surface area contributed by atoms with Crippen LogP contribution in [0.3, 0.4) is 0 Å². The molecule has 0 aliphatic carbocycles. The molecule has 0 spiro atoms. The lowest BCUT2D eigenvalue weighted by Gasteiger charge is -2.27. The lowest BCUT2D eigenvalue weighted by atomic mass is 10.1. The van der Waals surface area contributed by atoms with Crippen LogP contribution in [0.15, 0.2) is 46.9 Å². The van der Waals surface area contributed by atoms with E-state index in [1.54, 1.807) is 0 Å². The Morgan fingerprint density at radius 2 is 1.90 bits per heavy atom. The van der Waals surface area contributed by atoms with E-state index in [0.29, 0.717) is 4.99 Å². The van der Waals surface area contributed by atoms with Crippen molar-refractivity contribution in [1.82, 2.24) is 0 Å². The van der Waals surface area contributed by atoms with Crippen LogP contribution in [0.25, 0.3) is 0 Å². The number of hydrogen-bond acceptors (Lipinski definition) is 2. The maximum atomic E-state index is 5.92. The van der Waals surface area contributed by atoms with Crippen LogP contribution in [-0.4, -0.2) is 11.5 Å². The molecule has 0 atom stereocenters. The average molecular weight is 361 g/mol. The minimum atomic E-state index is 0.444. The molecule has 2 N–H and O–H groups in total. The third-order valence-electron chi connectivity index (χ3n) is 3.88. The highest BCUT2D eigenvalue weighted by atomic mass is 79.9. The minimum absolute atomic E-state index is 0.444. The Balaban J connectivity index is 2.16. The highest BCUT2D eigenvalue weighted by Crippen LogP contribution is 2.35. The van der Waals surface area contributed by atoms with Gasteiger partial charge in [0.15, 0.2) is 0 Å². The molecule has 108 valence electrons. The van der Waals surface area contributed by atoms with Crippen molar-refractivity contribution < 1.29 is 0 Å². The highest BCUT2D eigenvalue weighted by molar-refractivity contribution is 9.10. The van der Waals surface area contributed by atoms with Crippen LogP contribution in [0.1, 0.15) is 24.0 Å².